The van der Waals surface area contributed by atoms with E-state index in [1.54, 1.807) is 0 Å². The fourth-order valence-electron chi connectivity index (χ4n) is 20.9. The first kappa shape index (κ1) is 69.9. The number of nitrogens with one attached hydrogen (secondary N) is 1. The summed E-state index contributed by atoms with van der Waals surface area (Å²) >= 11 is 1.89. The maximum absolute atomic E-state index is 4.01. The molecule has 0 saturated carbocycles. The van der Waals surface area contributed by atoms with E-state index in [0.29, 0.717) is 0 Å². The molecule has 121 heavy (non-hydrogen) atoms. The monoisotopic (exact) mass is 1560 g/mol. The summed E-state index contributed by atoms with van der Waals surface area (Å²) in [6, 6.07) is 170. The molecule has 2 spiro atoms. The molecule has 4 nitrogen and oxygen atoms in total. The summed E-state index contributed by atoms with van der Waals surface area (Å²) in [6.07, 6.45) is 0. The second kappa shape index (κ2) is 28.2. The number of benzene rings is 19. The quantitative estimate of drug-likeness (QED) is 0.124. The third-order valence-electron chi connectivity index (χ3n) is 25.9. The van der Waals surface area contributed by atoms with Crippen molar-refractivity contribution < 1.29 is 0 Å². The van der Waals surface area contributed by atoms with Crippen LogP contribution < -0.4 is 20.0 Å². The molecule has 0 atom stereocenters. The van der Waals surface area contributed by atoms with Crippen molar-refractivity contribution in [1.82, 2.24) is 0 Å². The average molecular weight is 1560 g/mol. The van der Waals surface area contributed by atoms with Crippen LogP contribution in [0.3, 0.4) is 0 Å². The van der Waals surface area contributed by atoms with Crippen LogP contribution in [0.25, 0.3) is 109 Å². The molecular formula is C116H76N4S. The lowest BCUT2D eigenvalue weighted by Gasteiger charge is -2.45. The molecular weight excluding hydrogens is 1480 g/mol. The van der Waals surface area contributed by atoms with Crippen molar-refractivity contribution in [2.45, 2.75) is 10.8 Å². The van der Waals surface area contributed by atoms with E-state index in [1.807, 2.05) is 11.3 Å². The van der Waals surface area contributed by atoms with Crippen molar-refractivity contribution in [3.05, 3.63) is 499 Å². The van der Waals surface area contributed by atoms with E-state index in [4.69, 9.17) is 0 Å². The minimum Gasteiger partial charge on any atom is -0.355 e. The summed E-state index contributed by atoms with van der Waals surface area (Å²) < 4.78 is 2.51. The summed E-state index contributed by atoms with van der Waals surface area (Å²) in [5.41, 5.74) is 39.9. The highest BCUT2D eigenvalue weighted by atomic mass is 32.1. The highest BCUT2D eigenvalue weighted by molar-refractivity contribution is 7.26. The molecule has 1 N–H and O–H groups in total. The van der Waals surface area contributed by atoms with Gasteiger partial charge in [-0.05, 0) is 226 Å². The van der Waals surface area contributed by atoms with Crippen LogP contribution in [-0.4, -0.2) is 0 Å². The number of hydrogen-bond acceptors (Lipinski definition) is 5. The highest BCUT2D eigenvalue weighted by Crippen LogP contribution is 2.67. The Labute approximate surface area is 708 Å². The summed E-state index contributed by atoms with van der Waals surface area (Å²) in [6.45, 7) is 0. The van der Waals surface area contributed by atoms with Gasteiger partial charge in [-0.3, -0.25) is 0 Å². The number of hydrogen-bond donors (Lipinski definition) is 1. The third-order valence-corrected chi connectivity index (χ3v) is 27.1. The molecule has 0 amide bonds. The molecule has 2 aliphatic carbocycles. The van der Waals surface area contributed by atoms with E-state index in [0.717, 1.165) is 79.0 Å². The number of para-hydroxylation sites is 7. The summed E-state index contributed by atoms with van der Waals surface area (Å²) in [4.78, 5) is 7.51. The van der Waals surface area contributed by atoms with Crippen LogP contribution in [0.1, 0.15) is 44.5 Å². The van der Waals surface area contributed by atoms with Crippen molar-refractivity contribution in [3.8, 4) is 89.0 Å². The molecule has 0 unspecified atom stereocenters. The molecule has 3 heterocycles. The molecule has 0 radical (unpaired) electrons. The Morgan fingerprint density at radius 3 is 1.22 bits per heavy atom. The van der Waals surface area contributed by atoms with Gasteiger partial charge in [-0.25, -0.2) is 0 Å². The van der Waals surface area contributed by atoms with Crippen molar-refractivity contribution in [3.63, 3.8) is 0 Å². The van der Waals surface area contributed by atoms with Gasteiger partial charge in [-0.1, -0.05) is 352 Å². The highest BCUT2D eigenvalue weighted by Gasteiger charge is 2.54. The lowest BCUT2D eigenvalue weighted by molar-refractivity contribution is 0.752. The molecule has 0 fully saturated rings. The number of anilines is 11. The molecule has 20 aromatic rings. The maximum Gasteiger partial charge on any atom is 0.0755 e. The number of thiophene rings is 1. The zero-order valence-electron chi connectivity index (χ0n) is 66.1. The maximum atomic E-state index is 4.01. The van der Waals surface area contributed by atoms with Gasteiger partial charge in [-0.15, -0.1) is 11.3 Å². The Morgan fingerprint density at radius 1 is 0.231 bits per heavy atom. The summed E-state index contributed by atoms with van der Waals surface area (Å²) in [7, 11) is 0. The lowest BCUT2D eigenvalue weighted by Crippen LogP contribution is -2.36. The number of nitrogens with zero attached hydrogens (tertiary/aromatic N) is 3. The van der Waals surface area contributed by atoms with Gasteiger partial charge in [0.1, 0.15) is 0 Å². The van der Waals surface area contributed by atoms with E-state index < -0.39 is 10.8 Å². The van der Waals surface area contributed by atoms with E-state index in [1.165, 1.54) is 137 Å². The topological polar surface area (TPSA) is 21.8 Å². The van der Waals surface area contributed by atoms with Crippen molar-refractivity contribution in [2.75, 3.05) is 20.0 Å². The second-order valence-corrected chi connectivity index (χ2v) is 33.1. The van der Waals surface area contributed by atoms with Gasteiger partial charge in [0.25, 0.3) is 0 Å². The summed E-state index contributed by atoms with van der Waals surface area (Å²) in [5.74, 6) is 0. The fourth-order valence-corrected chi connectivity index (χ4v) is 22.2. The van der Waals surface area contributed by atoms with Crippen molar-refractivity contribution in [1.29, 1.82) is 0 Å². The largest absolute Gasteiger partial charge is 0.355 e. The van der Waals surface area contributed by atoms with Gasteiger partial charge in [0.2, 0.25) is 0 Å². The number of rotatable bonds is 13. The standard InChI is InChI=1S/C116H76N4S/c1-4-33-76(34-5-1)85-41-10-12-43-89(85)95-47-16-25-56-106(95)117-80-65-69-93-91-45-14-19-50-98(91)115(104(93)74-80)102-54-23-29-60-110(102)120(111-61-30-24-55-103(111)115)83-40-32-37-79(73-83)88-72-71-87(113-97-49-18-31-62-112(97)121-114(88)113)78-63-66-82(67-64-78)118(107-57-26-17-48-96(107)90-44-13-11-42-86(90)77-35-6-2-7-36-77)84-68-70-94-92-46-15-20-51-99(92)116(105(94)75-84)100-52-21-27-58-108(100)119(81-38-8-3-9-39-81)109-59-28-22-53-101(109)116/h1-75,117H. The van der Waals surface area contributed by atoms with E-state index >= 15 is 0 Å². The van der Waals surface area contributed by atoms with Gasteiger partial charge in [0.15, 0.2) is 0 Å². The Morgan fingerprint density at radius 2 is 0.628 bits per heavy atom. The molecule has 0 bridgehead atoms. The smallest absolute Gasteiger partial charge is 0.0755 e. The van der Waals surface area contributed by atoms with Gasteiger partial charge in [0.05, 0.1) is 39.3 Å². The Bertz CT molecular complexity index is 7440. The van der Waals surface area contributed by atoms with E-state index in [2.05, 4.69) is 475 Å². The van der Waals surface area contributed by atoms with Gasteiger partial charge in [0, 0.05) is 65.4 Å². The van der Waals surface area contributed by atoms with Gasteiger partial charge < -0.3 is 20.0 Å². The molecule has 2 aliphatic heterocycles. The second-order valence-electron chi connectivity index (χ2n) is 32.1. The first-order chi connectivity index (χ1) is 60.1. The van der Waals surface area contributed by atoms with Crippen molar-refractivity contribution >= 4 is 94.1 Å². The van der Waals surface area contributed by atoms with Crippen LogP contribution in [0.15, 0.2) is 455 Å². The predicted molar refractivity (Wildman–Crippen MR) is 507 cm³/mol. The first-order valence-corrected chi connectivity index (χ1v) is 42.6. The molecule has 5 heteroatoms. The van der Waals surface area contributed by atoms with E-state index in [-0.39, 0.29) is 0 Å². The minimum atomic E-state index is -0.667. The predicted octanol–water partition coefficient (Wildman–Crippen LogP) is 31.6. The Hall–Kier alpha value is -15.4. The van der Waals surface area contributed by atoms with Gasteiger partial charge in [-0.2, -0.15) is 0 Å². The van der Waals surface area contributed by atoms with Crippen LogP contribution in [0.4, 0.5) is 62.6 Å². The van der Waals surface area contributed by atoms with E-state index in [9.17, 15) is 0 Å². The minimum absolute atomic E-state index is 0.653. The van der Waals surface area contributed by atoms with Crippen LogP contribution in [0.2, 0.25) is 0 Å². The SMILES string of the molecule is c1ccc(-c2ccccc2-c2ccccc2Nc2ccc3c(c2)C2(c4ccccc4-3)c3ccccc3N(c3cccc(-c4ccc(-c5ccc(N(c6ccc7c(c6)C6(c8ccccc8-7)c7ccccc7N(c7ccccc7)c7ccccc76)c6ccccc6-c6ccccc6-c6ccccc6)cc5)c5c4sc4ccccc45)c3)c3ccccc32)cc1. The molecule has 0 saturated heterocycles. The average Bonchev–Trinajstić information content (AvgIpc) is 1.55. The third kappa shape index (κ3) is 10.7. The van der Waals surface area contributed by atoms with Crippen LogP contribution >= 0.6 is 11.3 Å². The Kier molecular flexibility index (Phi) is 16.3. The Balaban J connectivity index is 0.630. The summed E-state index contributed by atoms with van der Waals surface area (Å²) in [5, 5.41) is 6.51. The fraction of sp³-hybridized carbons (Fsp3) is 0.0172. The van der Waals surface area contributed by atoms with Crippen LogP contribution in [0.5, 0.6) is 0 Å². The molecule has 1 aromatic heterocycles. The van der Waals surface area contributed by atoms with Crippen LogP contribution in [-0.2, 0) is 10.8 Å². The lowest BCUT2D eigenvalue weighted by atomic mass is 9.64. The van der Waals surface area contributed by atoms with Crippen molar-refractivity contribution in [2.24, 2.45) is 0 Å². The molecule has 4 aliphatic rings. The van der Waals surface area contributed by atoms with Crippen LogP contribution in [0, 0.1) is 0 Å². The zero-order chi connectivity index (χ0) is 79.7. The van der Waals surface area contributed by atoms with Gasteiger partial charge >= 0.3 is 0 Å². The first-order valence-electron chi connectivity index (χ1n) is 41.8. The normalized spacial score (nSPS) is 13.2. The zero-order valence-corrected chi connectivity index (χ0v) is 66.9. The molecule has 566 valence electrons. The molecule has 24 rings (SSSR count). The number of fused-ring (bicyclic) bond motifs is 21. The molecule has 19 aromatic carbocycles.